The number of para-hydroxylation sites is 1. The molecule has 1 aliphatic heterocycles. The van der Waals surface area contributed by atoms with Gasteiger partial charge in [0.2, 0.25) is 0 Å². The maximum Gasteiger partial charge on any atom is 0.270 e. The van der Waals surface area contributed by atoms with Crippen LogP contribution in [0.1, 0.15) is 21.5 Å². The quantitative estimate of drug-likeness (QED) is 0.376. The second-order valence-corrected chi connectivity index (χ2v) is 5.83. The number of nitrogens with zero attached hydrogens (tertiary/aromatic N) is 1. The normalized spacial score (nSPS) is 12.1. The lowest BCUT2D eigenvalue weighted by Crippen LogP contribution is -2.02. The van der Waals surface area contributed by atoms with E-state index in [1.165, 1.54) is 12.1 Å². The maximum absolute atomic E-state index is 13.1. The van der Waals surface area contributed by atoms with Crippen molar-refractivity contribution in [2.24, 2.45) is 0 Å². The van der Waals surface area contributed by atoms with E-state index in [2.05, 4.69) is 0 Å². The van der Waals surface area contributed by atoms with Crippen LogP contribution in [-0.2, 0) is 0 Å². The molecule has 0 bridgehead atoms. The van der Waals surface area contributed by atoms with Crippen LogP contribution in [0.4, 0.5) is 5.69 Å². The van der Waals surface area contributed by atoms with Gasteiger partial charge in [0, 0.05) is 34.4 Å². The number of hydrogen-bond donors (Lipinski definition) is 0. The minimum absolute atomic E-state index is 0.0546. The molecule has 0 N–H and O–H groups in total. The van der Waals surface area contributed by atoms with Crippen LogP contribution < -0.4 is 4.74 Å². The Kier molecular flexibility index (Phi) is 3.82. The number of Topliss-reactive ketones (excluding diaryl/α,β-unsaturated/α-hetero) is 1. The fourth-order valence-electron chi connectivity index (χ4n) is 2.92. The van der Waals surface area contributed by atoms with Gasteiger partial charge in [-0.15, -0.1) is 0 Å². The van der Waals surface area contributed by atoms with Crippen molar-refractivity contribution in [2.45, 2.75) is 0 Å². The van der Waals surface area contributed by atoms with Crippen molar-refractivity contribution >= 4 is 23.1 Å². The lowest BCUT2D eigenvalue weighted by molar-refractivity contribution is -0.384. The van der Waals surface area contributed by atoms with Crippen molar-refractivity contribution in [1.82, 2.24) is 0 Å². The van der Waals surface area contributed by atoms with Crippen molar-refractivity contribution in [3.05, 3.63) is 99.6 Å². The Labute approximate surface area is 149 Å². The van der Waals surface area contributed by atoms with Crippen LogP contribution in [0.5, 0.6) is 11.5 Å². The van der Waals surface area contributed by atoms with Crippen molar-refractivity contribution in [1.29, 1.82) is 0 Å². The number of nitro benzene ring substituents is 1. The summed E-state index contributed by atoms with van der Waals surface area (Å²) in [5.74, 6) is 0.843. The van der Waals surface area contributed by atoms with Crippen LogP contribution in [-0.4, -0.2) is 10.7 Å². The Morgan fingerprint density at radius 2 is 1.62 bits per heavy atom. The molecule has 4 rings (SSSR count). The van der Waals surface area contributed by atoms with Gasteiger partial charge in [-0.1, -0.05) is 48.5 Å². The lowest BCUT2D eigenvalue weighted by Gasteiger charge is -2.10. The number of allylic oxidation sites excluding steroid dienone is 1. The molecule has 0 radical (unpaired) electrons. The van der Waals surface area contributed by atoms with Gasteiger partial charge in [0.15, 0.2) is 5.78 Å². The van der Waals surface area contributed by atoms with E-state index in [9.17, 15) is 14.9 Å². The Balaban J connectivity index is 1.93. The summed E-state index contributed by atoms with van der Waals surface area (Å²) in [6.45, 7) is 0. The van der Waals surface area contributed by atoms with E-state index in [-0.39, 0.29) is 11.5 Å². The molecule has 0 aromatic heterocycles. The number of non-ortho nitro benzene ring substituents is 1. The van der Waals surface area contributed by atoms with Crippen LogP contribution in [0.25, 0.3) is 11.6 Å². The SMILES string of the molecule is O=C(C1=Cc2cc([N+](=O)[O-])ccc2Oc2ccccc21)c1ccccc1. The Morgan fingerprint density at radius 3 is 2.38 bits per heavy atom. The molecule has 0 saturated heterocycles. The van der Waals surface area contributed by atoms with Gasteiger partial charge < -0.3 is 4.74 Å². The number of ketones is 1. The molecule has 1 aliphatic rings. The van der Waals surface area contributed by atoms with Crippen molar-refractivity contribution in [3.8, 4) is 11.5 Å². The minimum Gasteiger partial charge on any atom is -0.456 e. The van der Waals surface area contributed by atoms with Gasteiger partial charge in [-0.3, -0.25) is 14.9 Å². The minimum atomic E-state index is -0.467. The molecule has 5 heteroatoms. The van der Waals surface area contributed by atoms with Crippen LogP contribution in [0.3, 0.4) is 0 Å². The molecule has 3 aromatic carbocycles. The first kappa shape index (κ1) is 15.8. The summed E-state index contributed by atoms with van der Waals surface area (Å²) < 4.78 is 5.93. The van der Waals surface area contributed by atoms with E-state index in [4.69, 9.17) is 4.74 Å². The van der Waals surface area contributed by atoms with E-state index >= 15 is 0 Å². The number of hydrogen-bond acceptors (Lipinski definition) is 4. The molecule has 0 amide bonds. The van der Waals surface area contributed by atoms with E-state index in [0.29, 0.717) is 33.8 Å². The highest BCUT2D eigenvalue weighted by Crippen LogP contribution is 2.40. The second-order valence-electron chi connectivity index (χ2n) is 5.83. The summed E-state index contributed by atoms with van der Waals surface area (Å²) >= 11 is 0. The number of carbonyl (C=O) groups excluding carboxylic acids is 1. The Morgan fingerprint density at radius 1 is 0.885 bits per heavy atom. The van der Waals surface area contributed by atoms with Gasteiger partial charge in [0.25, 0.3) is 5.69 Å². The molecule has 0 atom stereocenters. The predicted molar refractivity (Wildman–Crippen MR) is 98.3 cm³/mol. The van der Waals surface area contributed by atoms with Gasteiger partial charge >= 0.3 is 0 Å². The summed E-state index contributed by atoms with van der Waals surface area (Å²) in [6, 6.07) is 20.5. The van der Waals surface area contributed by atoms with Gasteiger partial charge in [-0.2, -0.15) is 0 Å². The van der Waals surface area contributed by atoms with E-state index in [1.54, 1.807) is 42.5 Å². The number of fused-ring (bicyclic) bond motifs is 2. The van der Waals surface area contributed by atoms with Crippen LogP contribution in [0.15, 0.2) is 72.8 Å². The second kappa shape index (κ2) is 6.29. The van der Waals surface area contributed by atoms with E-state index in [1.807, 2.05) is 24.3 Å². The van der Waals surface area contributed by atoms with E-state index < -0.39 is 4.92 Å². The summed E-state index contributed by atoms with van der Waals surface area (Å²) in [4.78, 5) is 23.7. The molecule has 3 aromatic rings. The largest absolute Gasteiger partial charge is 0.456 e. The summed E-state index contributed by atoms with van der Waals surface area (Å²) in [5.41, 5.74) is 2.07. The van der Waals surface area contributed by atoms with Crippen molar-refractivity contribution < 1.29 is 14.5 Å². The maximum atomic E-state index is 13.1. The molecule has 0 spiro atoms. The molecule has 0 saturated carbocycles. The average Bonchev–Trinajstić information content (AvgIpc) is 2.84. The van der Waals surface area contributed by atoms with Crippen molar-refractivity contribution in [2.75, 3.05) is 0 Å². The Bertz CT molecular complexity index is 1050. The average molecular weight is 343 g/mol. The highest BCUT2D eigenvalue weighted by molar-refractivity contribution is 6.33. The zero-order valence-corrected chi connectivity index (χ0v) is 13.6. The Hall–Kier alpha value is -3.73. The first-order valence-corrected chi connectivity index (χ1v) is 8.00. The third-order valence-corrected chi connectivity index (χ3v) is 4.18. The lowest BCUT2D eigenvalue weighted by atomic mass is 9.94. The van der Waals surface area contributed by atoms with Crippen LogP contribution in [0, 0.1) is 10.1 Å². The van der Waals surface area contributed by atoms with Gasteiger partial charge in [0.05, 0.1) is 4.92 Å². The van der Waals surface area contributed by atoms with Crippen LogP contribution in [0.2, 0.25) is 0 Å². The monoisotopic (exact) mass is 343 g/mol. The predicted octanol–water partition coefficient (Wildman–Crippen LogP) is 5.12. The number of ether oxygens (including phenoxy) is 1. The third-order valence-electron chi connectivity index (χ3n) is 4.18. The smallest absolute Gasteiger partial charge is 0.270 e. The first-order valence-electron chi connectivity index (χ1n) is 8.00. The highest BCUT2D eigenvalue weighted by Gasteiger charge is 2.23. The molecule has 1 heterocycles. The molecule has 126 valence electrons. The van der Waals surface area contributed by atoms with Gasteiger partial charge in [-0.05, 0) is 18.2 Å². The van der Waals surface area contributed by atoms with Gasteiger partial charge in [-0.25, -0.2) is 0 Å². The summed E-state index contributed by atoms with van der Waals surface area (Å²) in [6.07, 6.45) is 1.66. The zero-order valence-electron chi connectivity index (χ0n) is 13.6. The molecule has 0 aliphatic carbocycles. The summed E-state index contributed by atoms with van der Waals surface area (Å²) in [7, 11) is 0. The zero-order chi connectivity index (χ0) is 18.1. The number of carbonyl (C=O) groups is 1. The molecule has 0 unspecified atom stereocenters. The van der Waals surface area contributed by atoms with Crippen LogP contribution >= 0.6 is 0 Å². The standard InChI is InChI=1S/C21H13NO4/c23-21(14-6-2-1-3-7-14)18-13-15-12-16(22(24)25)10-11-19(15)26-20-9-5-4-8-17(18)20/h1-13H. The fraction of sp³-hybridized carbons (Fsp3) is 0. The first-order chi connectivity index (χ1) is 12.6. The molecule has 26 heavy (non-hydrogen) atoms. The fourth-order valence-corrected chi connectivity index (χ4v) is 2.92. The topological polar surface area (TPSA) is 69.4 Å². The van der Waals surface area contributed by atoms with E-state index in [0.717, 1.165) is 0 Å². The molecule has 0 fully saturated rings. The highest BCUT2D eigenvalue weighted by atomic mass is 16.6. The summed E-state index contributed by atoms with van der Waals surface area (Å²) in [5, 5.41) is 11.1. The third kappa shape index (κ3) is 2.75. The van der Waals surface area contributed by atoms with Gasteiger partial charge in [0.1, 0.15) is 11.5 Å². The number of benzene rings is 3. The molecule has 5 nitrogen and oxygen atoms in total. The molecular weight excluding hydrogens is 330 g/mol. The van der Waals surface area contributed by atoms with Crippen molar-refractivity contribution in [3.63, 3.8) is 0 Å². The number of rotatable bonds is 3. The molecular formula is C21H13NO4. The number of nitro groups is 1.